The van der Waals surface area contributed by atoms with Gasteiger partial charge < -0.3 is 15.4 Å². The van der Waals surface area contributed by atoms with Gasteiger partial charge in [-0.3, -0.25) is 19.4 Å². The van der Waals surface area contributed by atoms with E-state index in [9.17, 15) is 14.4 Å². The van der Waals surface area contributed by atoms with E-state index < -0.39 is 30.2 Å². The molecule has 3 aliphatic heterocycles. The summed E-state index contributed by atoms with van der Waals surface area (Å²) in [5.74, 6) is -0.982. The number of esters is 1. The van der Waals surface area contributed by atoms with Crippen LogP contribution < -0.4 is 16.1 Å². The van der Waals surface area contributed by atoms with Gasteiger partial charge in [-0.2, -0.15) is 0 Å². The number of ether oxygens (including phenoxy) is 1. The number of nitrogens with zero attached hydrogens (tertiary/aromatic N) is 1. The first-order valence-electron chi connectivity index (χ1n) is 13.8. The molecule has 3 heterocycles. The van der Waals surface area contributed by atoms with Crippen LogP contribution in [0.1, 0.15) is 64.2 Å². The first kappa shape index (κ1) is 28.4. The zero-order valence-electron chi connectivity index (χ0n) is 23.3. The molecule has 4 atom stereocenters. The molecular formula is C31H40N4O4. The first-order chi connectivity index (χ1) is 18.6. The molecule has 0 aliphatic carbocycles. The first-order valence-corrected chi connectivity index (χ1v) is 13.8. The third kappa shape index (κ3) is 7.06. The lowest BCUT2D eigenvalue weighted by Gasteiger charge is -2.35. The number of allylic oxidation sites excluding steroid dienone is 1. The van der Waals surface area contributed by atoms with Gasteiger partial charge in [-0.15, -0.1) is 0 Å². The second-order valence-corrected chi connectivity index (χ2v) is 10.9. The number of fused-ring (bicyclic) bond motifs is 12. The zero-order chi connectivity index (χ0) is 28.1. The second-order valence-electron chi connectivity index (χ2n) is 10.9. The third-order valence-corrected chi connectivity index (χ3v) is 7.43. The minimum atomic E-state index is -0.769. The van der Waals surface area contributed by atoms with E-state index in [2.05, 4.69) is 46.9 Å². The van der Waals surface area contributed by atoms with Gasteiger partial charge in [0.2, 0.25) is 5.91 Å². The number of carbonyl (C=O) groups excluding carboxylic acids is 3. The molecule has 1 saturated heterocycles. The van der Waals surface area contributed by atoms with Gasteiger partial charge >= 0.3 is 5.97 Å². The number of hydrazine groups is 1. The van der Waals surface area contributed by atoms with E-state index in [1.54, 1.807) is 6.92 Å². The molecule has 2 aromatic rings. The molecule has 1 fully saturated rings. The molecule has 0 saturated carbocycles. The summed E-state index contributed by atoms with van der Waals surface area (Å²) in [6, 6.07) is 14.5. The predicted molar refractivity (Wildman–Crippen MR) is 151 cm³/mol. The van der Waals surface area contributed by atoms with Crippen LogP contribution in [0, 0.1) is 5.92 Å². The summed E-state index contributed by atoms with van der Waals surface area (Å²) < 4.78 is 5.82. The maximum Gasteiger partial charge on any atom is 0.325 e. The van der Waals surface area contributed by atoms with Crippen LogP contribution in [0.15, 0.2) is 60.8 Å². The van der Waals surface area contributed by atoms with Gasteiger partial charge in [0, 0.05) is 12.2 Å². The van der Waals surface area contributed by atoms with Crippen LogP contribution in [0.25, 0.3) is 11.1 Å². The summed E-state index contributed by atoms with van der Waals surface area (Å²) in [4.78, 5) is 39.4. The fraction of sp³-hybridized carbons (Fsp3) is 0.452. The highest BCUT2D eigenvalue weighted by Crippen LogP contribution is 2.26. The highest BCUT2D eigenvalue weighted by atomic mass is 16.5. The highest BCUT2D eigenvalue weighted by Gasteiger charge is 2.33. The van der Waals surface area contributed by atoms with Crippen molar-refractivity contribution < 1.29 is 19.1 Å². The fourth-order valence-corrected chi connectivity index (χ4v) is 5.00. The van der Waals surface area contributed by atoms with Crippen LogP contribution >= 0.6 is 0 Å². The quantitative estimate of drug-likeness (QED) is 0.480. The topological polar surface area (TPSA) is 99.8 Å². The molecule has 6 bridgehead atoms. The van der Waals surface area contributed by atoms with Crippen LogP contribution in [0.3, 0.4) is 0 Å². The molecule has 0 radical (unpaired) electrons. The molecule has 0 unspecified atom stereocenters. The van der Waals surface area contributed by atoms with E-state index in [4.69, 9.17) is 4.74 Å². The highest BCUT2D eigenvalue weighted by molar-refractivity contribution is 5.90. The standard InChI is InChI=1S/C31H40N4O4/c1-19(2)28-29(36)33-21(4)30(37)35-17-7-10-27(34-35)31(38)39-22(5)25-8-6-9-26(18-25)24-15-13-23(14-16-24)12-11-20(3)32-28/h6,8-9,13-16,18-19,21-22,27-28,32,34H,3,7,10-12,17H2,1-2,4-5H3,(H,33,36)/t21-,22+,27-,28-/m0/s1. The molecule has 3 N–H and O–H groups in total. The van der Waals surface area contributed by atoms with Gasteiger partial charge in [-0.1, -0.05) is 62.9 Å². The number of benzene rings is 2. The monoisotopic (exact) mass is 532 g/mol. The Morgan fingerprint density at radius 1 is 0.974 bits per heavy atom. The third-order valence-electron chi connectivity index (χ3n) is 7.43. The van der Waals surface area contributed by atoms with Crippen molar-refractivity contribution in [1.82, 2.24) is 21.1 Å². The SMILES string of the molecule is C=C1CCc2ccc(cc2)-c2cccc(c2)[C@@H](C)OC(=O)[C@@H]2CCCN(N2)C(=O)[C@H](C)NC(=O)[C@H](C(C)C)N1. The number of rotatable bonds is 1. The predicted octanol–water partition coefficient (Wildman–Crippen LogP) is 4.03. The molecule has 208 valence electrons. The zero-order valence-corrected chi connectivity index (χ0v) is 23.3. The van der Waals surface area contributed by atoms with E-state index in [-0.39, 0.29) is 17.7 Å². The Bertz CT molecular complexity index is 1210. The van der Waals surface area contributed by atoms with E-state index in [0.717, 1.165) is 28.8 Å². The van der Waals surface area contributed by atoms with Crippen molar-refractivity contribution >= 4 is 17.8 Å². The summed E-state index contributed by atoms with van der Waals surface area (Å²) in [5.41, 5.74) is 7.99. The largest absolute Gasteiger partial charge is 0.457 e. The summed E-state index contributed by atoms with van der Waals surface area (Å²) in [7, 11) is 0. The van der Waals surface area contributed by atoms with Crippen molar-refractivity contribution in [1.29, 1.82) is 0 Å². The lowest BCUT2D eigenvalue weighted by Crippen LogP contribution is -2.60. The second kappa shape index (κ2) is 12.5. The van der Waals surface area contributed by atoms with Crippen LogP contribution in [0.5, 0.6) is 0 Å². The fourth-order valence-electron chi connectivity index (χ4n) is 5.00. The van der Waals surface area contributed by atoms with Crippen molar-refractivity contribution in [3.63, 3.8) is 0 Å². The average molecular weight is 533 g/mol. The van der Waals surface area contributed by atoms with Crippen LogP contribution in [-0.4, -0.2) is 47.5 Å². The number of hydrogen-bond acceptors (Lipinski definition) is 6. The smallest absolute Gasteiger partial charge is 0.325 e. The molecular weight excluding hydrogens is 492 g/mol. The van der Waals surface area contributed by atoms with E-state index in [1.807, 2.05) is 45.0 Å². The van der Waals surface area contributed by atoms with Crippen LogP contribution in [-0.2, 0) is 25.5 Å². The van der Waals surface area contributed by atoms with Crippen LogP contribution in [0.4, 0.5) is 0 Å². The number of hydrogen-bond donors (Lipinski definition) is 3. The van der Waals surface area contributed by atoms with Crippen LogP contribution in [0.2, 0.25) is 0 Å². The van der Waals surface area contributed by atoms with Gasteiger partial charge in [-0.05, 0) is 73.8 Å². The minimum Gasteiger partial charge on any atom is -0.457 e. The van der Waals surface area contributed by atoms with E-state index in [0.29, 0.717) is 25.8 Å². The molecule has 39 heavy (non-hydrogen) atoms. The summed E-state index contributed by atoms with van der Waals surface area (Å²) in [6.45, 7) is 12.0. The molecule has 0 spiro atoms. The number of nitrogens with one attached hydrogen (secondary N) is 3. The van der Waals surface area contributed by atoms with Crippen molar-refractivity contribution in [2.24, 2.45) is 5.92 Å². The Morgan fingerprint density at radius 3 is 2.44 bits per heavy atom. The Kier molecular flexibility index (Phi) is 9.07. The molecule has 2 aromatic carbocycles. The molecule has 8 nitrogen and oxygen atoms in total. The number of aryl methyl sites for hydroxylation is 1. The lowest BCUT2D eigenvalue weighted by atomic mass is 9.98. The van der Waals surface area contributed by atoms with Crippen molar-refractivity contribution in [2.75, 3.05) is 6.54 Å². The number of amides is 2. The Labute approximate surface area is 231 Å². The molecule has 0 aromatic heterocycles. The Hall–Kier alpha value is -3.65. The molecule has 5 rings (SSSR count). The Balaban J connectivity index is 1.61. The van der Waals surface area contributed by atoms with Gasteiger partial charge in [0.05, 0.1) is 0 Å². The Morgan fingerprint density at radius 2 is 1.72 bits per heavy atom. The number of carbonyl (C=O) groups is 3. The molecule has 3 aliphatic rings. The summed E-state index contributed by atoms with van der Waals surface area (Å²) in [6.07, 6.45) is 2.22. The van der Waals surface area contributed by atoms with Gasteiger partial charge in [-0.25, -0.2) is 5.43 Å². The van der Waals surface area contributed by atoms with Crippen molar-refractivity contribution in [3.8, 4) is 11.1 Å². The molecule has 8 heteroatoms. The molecule has 2 amide bonds. The van der Waals surface area contributed by atoms with E-state index in [1.165, 1.54) is 10.6 Å². The normalized spacial score (nSPS) is 25.3. The average Bonchev–Trinajstić information content (AvgIpc) is 2.94. The van der Waals surface area contributed by atoms with Gasteiger partial charge in [0.1, 0.15) is 24.2 Å². The van der Waals surface area contributed by atoms with Gasteiger partial charge in [0.25, 0.3) is 5.91 Å². The maximum absolute atomic E-state index is 13.2. The van der Waals surface area contributed by atoms with Gasteiger partial charge in [0.15, 0.2) is 0 Å². The lowest BCUT2D eigenvalue weighted by molar-refractivity contribution is -0.157. The van der Waals surface area contributed by atoms with Crippen molar-refractivity contribution in [3.05, 3.63) is 71.9 Å². The summed E-state index contributed by atoms with van der Waals surface area (Å²) >= 11 is 0. The van der Waals surface area contributed by atoms with Crippen molar-refractivity contribution in [2.45, 2.75) is 77.6 Å². The van der Waals surface area contributed by atoms with E-state index >= 15 is 0 Å². The summed E-state index contributed by atoms with van der Waals surface area (Å²) in [5, 5.41) is 7.56. The maximum atomic E-state index is 13.2. The minimum absolute atomic E-state index is 0.0149.